The number of nitrogens with one attached hydrogen (secondary N) is 2. The predicted octanol–water partition coefficient (Wildman–Crippen LogP) is 3.67. The summed E-state index contributed by atoms with van der Waals surface area (Å²) in [5, 5.41) is 6.57. The Morgan fingerprint density at radius 1 is 1.05 bits per heavy atom. The molecule has 2 rings (SSSR count). The molecule has 0 radical (unpaired) electrons. The van der Waals surface area contributed by atoms with E-state index in [1.165, 1.54) is 0 Å². The number of para-hydroxylation sites is 1. The number of anilines is 2. The Hall–Kier alpha value is -2.40. The summed E-state index contributed by atoms with van der Waals surface area (Å²) in [6.45, 7) is 2.13. The number of esters is 1. The monoisotopic (exact) mass is 300 g/mol. The zero-order valence-electron chi connectivity index (χ0n) is 11.6. The Balaban J connectivity index is 2.01. The molecule has 0 heterocycles. The second-order valence-electron chi connectivity index (χ2n) is 4.25. The lowest BCUT2D eigenvalue weighted by Gasteiger charge is -2.11. The first-order valence-electron chi connectivity index (χ1n) is 6.59. The fourth-order valence-electron chi connectivity index (χ4n) is 1.75. The van der Waals surface area contributed by atoms with Crippen molar-refractivity contribution in [2.45, 2.75) is 6.92 Å². The van der Waals surface area contributed by atoms with Crippen molar-refractivity contribution in [3.05, 3.63) is 60.2 Å². The molecule has 0 saturated carbocycles. The maximum absolute atomic E-state index is 11.7. The highest BCUT2D eigenvalue weighted by Crippen LogP contribution is 2.13. The van der Waals surface area contributed by atoms with Gasteiger partial charge in [0.1, 0.15) is 0 Å². The zero-order valence-corrected chi connectivity index (χ0v) is 12.4. The minimum atomic E-state index is -0.344. The van der Waals surface area contributed by atoms with Crippen LogP contribution in [0.4, 0.5) is 11.4 Å². The Labute approximate surface area is 129 Å². The van der Waals surface area contributed by atoms with Gasteiger partial charge in [0, 0.05) is 11.4 Å². The summed E-state index contributed by atoms with van der Waals surface area (Å²) in [5.41, 5.74) is 2.12. The molecule has 2 aromatic carbocycles. The summed E-state index contributed by atoms with van der Waals surface area (Å²) in [7, 11) is 0. The van der Waals surface area contributed by atoms with Crippen LogP contribution in [0.2, 0.25) is 0 Å². The summed E-state index contributed by atoms with van der Waals surface area (Å²) in [5.74, 6) is -0.344. The summed E-state index contributed by atoms with van der Waals surface area (Å²) in [6.07, 6.45) is 0. The van der Waals surface area contributed by atoms with Crippen LogP contribution in [-0.4, -0.2) is 17.7 Å². The third-order valence-electron chi connectivity index (χ3n) is 2.66. The van der Waals surface area contributed by atoms with Gasteiger partial charge in [-0.3, -0.25) is 0 Å². The maximum Gasteiger partial charge on any atom is 0.338 e. The van der Waals surface area contributed by atoms with E-state index >= 15 is 0 Å². The molecule has 21 heavy (non-hydrogen) atoms. The van der Waals surface area contributed by atoms with Crippen LogP contribution in [0.3, 0.4) is 0 Å². The molecule has 0 saturated heterocycles. The normalized spacial score (nSPS) is 9.76. The van der Waals surface area contributed by atoms with E-state index in [0.717, 1.165) is 11.4 Å². The van der Waals surface area contributed by atoms with Gasteiger partial charge in [-0.1, -0.05) is 24.3 Å². The highest BCUT2D eigenvalue weighted by molar-refractivity contribution is 7.80. The van der Waals surface area contributed by atoms with Gasteiger partial charge in [0.25, 0.3) is 0 Å². The van der Waals surface area contributed by atoms with E-state index in [0.29, 0.717) is 17.3 Å². The standard InChI is InChI=1S/C16H16N2O2S/c1-2-20-15(19)12-7-6-10-14(11-12)18-16(21)17-13-8-4-3-5-9-13/h3-11H,2H2,1H3,(H2,17,18,21). The molecule has 0 unspecified atom stereocenters. The topological polar surface area (TPSA) is 50.4 Å². The van der Waals surface area contributed by atoms with Gasteiger partial charge in [0.2, 0.25) is 0 Å². The molecule has 0 spiro atoms. The second-order valence-corrected chi connectivity index (χ2v) is 4.65. The van der Waals surface area contributed by atoms with Crippen molar-refractivity contribution in [2.24, 2.45) is 0 Å². The first kappa shape index (κ1) is 15.0. The number of hydrogen-bond acceptors (Lipinski definition) is 3. The fraction of sp³-hybridized carbons (Fsp3) is 0.125. The maximum atomic E-state index is 11.7. The van der Waals surface area contributed by atoms with E-state index in [2.05, 4.69) is 10.6 Å². The number of rotatable bonds is 4. The van der Waals surface area contributed by atoms with E-state index in [1.54, 1.807) is 25.1 Å². The number of carbonyl (C=O) groups excluding carboxylic acids is 1. The highest BCUT2D eigenvalue weighted by atomic mass is 32.1. The van der Waals surface area contributed by atoms with Crippen molar-refractivity contribution in [1.29, 1.82) is 0 Å². The van der Waals surface area contributed by atoms with E-state index in [1.807, 2.05) is 36.4 Å². The van der Waals surface area contributed by atoms with Gasteiger partial charge in [0.05, 0.1) is 12.2 Å². The fourth-order valence-corrected chi connectivity index (χ4v) is 1.99. The van der Waals surface area contributed by atoms with Crippen LogP contribution in [-0.2, 0) is 4.74 Å². The minimum Gasteiger partial charge on any atom is -0.462 e. The molecule has 0 aliphatic heterocycles. The number of thiocarbonyl (C=S) groups is 1. The average molecular weight is 300 g/mol. The van der Waals surface area contributed by atoms with Gasteiger partial charge in [-0.05, 0) is 49.5 Å². The van der Waals surface area contributed by atoms with Gasteiger partial charge >= 0.3 is 5.97 Å². The zero-order chi connectivity index (χ0) is 15.1. The molecule has 0 atom stereocenters. The van der Waals surface area contributed by atoms with Gasteiger partial charge in [-0.2, -0.15) is 0 Å². The molecule has 0 bridgehead atoms. The molecule has 4 nitrogen and oxygen atoms in total. The van der Waals surface area contributed by atoms with Gasteiger partial charge in [-0.25, -0.2) is 4.79 Å². The van der Waals surface area contributed by atoms with Crippen LogP contribution in [0.1, 0.15) is 17.3 Å². The Morgan fingerprint density at radius 2 is 1.71 bits per heavy atom. The third kappa shape index (κ3) is 4.57. The van der Waals surface area contributed by atoms with E-state index in [-0.39, 0.29) is 5.97 Å². The molecule has 0 amide bonds. The molecule has 0 aromatic heterocycles. The summed E-state index contributed by atoms with van der Waals surface area (Å²) < 4.78 is 4.97. The smallest absolute Gasteiger partial charge is 0.338 e. The van der Waals surface area contributed by atoms with Crippen molar-refractivity contribution in [3.8, 4) is 0 Å². The highest BCUT2D eigenvalue weighted by Gasteiger charge is 2.07. The average Bonchev–Trinajstić information content (AvgIpc) is 2.48. The minimum absolute atomic E-state index is 0.344. The summed E-state index contributed by atoms with van der Waals surface area (Å²) >= 11 is 5.24. The van der Waals surface area contributed by atoms with Crippen LogP contribution >= 0.6 is 12.2 Å². The lowest BCUT2D eigenvalue weighted by molar-refractivity contribution is 0.0526. The molecule has 0 fully saturated rings. The van der Waals surface area contributed by atoms with Gasteiger partial charge < -0.3 is 15.4 Å². The van der Waals surface area contributed by atoms with Crippen molar-refractivity contribution in [2.75, 3.05) is 17.2 Å². The molecule has 2 N–H and O–H groups in total. The number of carbonyl (C=O) groups is 1. The van der Waals surface area contributed by atoms with Gasteiger partial charge in [0.15, 0.2) is 5.11 Å². The third-order valence-corrected chi connectivity index (χ3v) is 2.87. The molecule has 2 aromatic rings. The quantitative estimate of drug-likeness (QED) is 0.666. The van der Waals surface area contributed by atoms with Crippen LogP contribution in [0.5, 0.6) is 0 Å². The number of hydrogen-bond donors (Lipinski definition) is 2. The number of benzene rings is 2. The van der Waals surface area contributed by atoms with E-state index in [9.17, 15) is 4.79 Å². The molecule has 0 aliphatic rings. The first-order valence-corrected chi connectivity index (χ1v) is 7.00. The largest absolute Gasteiger partial charge is 0.462 e. The molecule has 108 valence electrons. The number of ether oxygens (including phenoxy) is 1. The van der Waals surface area contributed by atoms with Crippen molar-refractivity contribution in [3.63, 3.8) is 0 Å². The Morgan fingerprint density at radius 3 is 2.43 bits per heavy atom. The predicted molar refractivity (Wildman–Crippen MR) is 88.7 cm³/mol. The van der Waals surface area contributed by atoms with Crippen molar-refractivity contribution >= 4 is 34.7 Å². The molecular weight excluding hydrogens is 284 g/mol. The van der Waals surface area contributed by atoms with E-state index in [4.69, 9.17) is 17.0 Å². The van der Waals surface area contributed by atoms with Crippen LogP contribution in [0.25, 0.3) is 0 Å². The van der Waals surface area contributed by atoms with Crippen LogP contribution in [0, 0.1) is 0 Å². The second kappa shape index (κ2) is 7.40. The Kier molecular flexibility index (Phi) is 5.29. The molecule has 5 heteroatoms. The van der Waals surface area contributed by atoms with Crippen LogP contribution in [0.15, 0.2) is 54.6 Å². The molecular formula is C16H16N2O2S. The summed E-state index contributed by atoms with van der Waals surface area (Å²) in [6, 6.07) is 16.6. The first-order chi connectivity index (χ1) is 10.2. The van der Waals surface area contributed by atoms with Gasteiger partial charge in [-0.15, -0.1) is 0 Å². The molecule has 0 aliphatic carbocycles. The lowest BCUT2D eigenvalue weighted by atomic mass is 10.2. The van der Waals surface area contributed by atoms with Crippen molar-refractivity contribution in [1.82, 2.24) is 0 Å². The SMILES string of the molecule is CCOC(=O)c1cccc(NC(=S)Nc2ccccc2)c1. The summed E-state index contributed by atoms with van der Waals surface area (Å²) in [4.78, 5) is 11.7. The van der Waals surface area contributed by atoms with Crippen molar-refractivity contribution < 1.29 is 9.53 Å². The Bertz CT molecular complexity index is 629. The lowest BCUT2D eigenvalue weighted by Crippen LogP contribution is -2.19. The van der Waals surface area contributed by atoms with Crippen LogP contribution < -0.4 is 10.6 Å². The van der Waals surface area contributed by atoms with E-state index < -0.39 is 0 Å².